The molecular formula is C13H16ClN3O. The Balaban J connectivity index is 2.65. The highest BCUT2D eigenvalue weighted by Gasteiger charge is 2.08. The van der Waals surface area contributed by atoms with Crippen LogP contribution in [0.15, 0.2) is 29.3 Å². The summed E-state index contributed by atoms with van der Waals surface area (Å²) in [5, 5.41) is 3.62. The predicted octanol–water partition coefficient (Wildman–Crippen LogP) is 1.57. The number of nitrogens with zero attached hydrogens (tertiary/aromatic N) is 1. The molecule has 0 spiro atoms. The van der Waals surface area contributed by atoms with Crippen LogP contribution in [0.1, 0.15) is 11.6 Å². The normalized spacial score (nSPS) is 12.8. The van der Waals surface area contributed by atoms with Crippen molar-refractivity contribution in [1.29, 1.82) is 0 Å². The molecule has 0 aliphatic carbocycles. The quantitative estimate of drug-likeness (QED) is 0.368. The lowest BCUT2D eigenvalue weighted by atomic mass is 10.1. The maximum atomic E-state index is 5.82. The second-order valence-corrected chi connectivity index (χ2v) is 3.99. The molecular weight excluding hydrogens is 250 g/mol. The van der Waals surface area contributed by atoms with E-state index in [1.54, 1.807) is 19.2 Å². The van der Waals surface area contributed by atoms with E-state index in [0.29, 0.717) is 24.1 Å². The molecule has 4 nitrogen and oxygen atoms in total. The molecule has 1 atom stereocenters. The molecule has 1 aromatic rings. The number of aliphatic imine (C=N–C) groups is 1. The van der Waals surface area contributed by atoms with Gasteiger partial charge in [0, 0.05) is 12.1 Å². The fourth-order valence-corrected chi connectivity index (χ4v) is 1.45. The average molecular weight is 266 g/mol. The van der Waals surface area contributed by atoms with Crippen LogP contribution in [0.3, 0.4) is 0 Å². The summed E-state index contributed by atoms with van der Waals surface area (Å²) >= 11 is 5.82. The topological polar surface area (TPSA) is 59.6 Å². The molecule has 0 saturated heterocycles. The molecule has 1 unspecified atom stereocenters. The van der Waals surface area contributed by atoms with E-state index >= 15 is 0 Å². The molecule has 0 fully saturated rings. The second kappa shape index (κ2) is 7.59. The van der Waals surface area contributed by atoms with E-state index < -0.39 is 0 Å². The van der Waals surface area contributed by atoms with E-state index in [9.17, 15) is 0 Å². The molecule has 1 aromatic carbocycles. The first kappa shape index (κ1) is 14.4. The summed E-state index contributed by atoms with van der Waals surface area (Å²) in [4.78, 5) is 4.08. The van der Waals surface area contributed by atoms with Gasteiger partial charge in [-0.2, -0.15) is 0 Å². The lowest BCUT2D eigenvalue weighted by Crippen LogP contribution is -2.34. The van der Waals surface area contributed by atoms with Gasteiger partial charge in [-0.05, 0) is 17.7 Å². The number of terminal acetylenes is 1. The molecule has 0 bridgehead atoms. The smallest absolute Gasteiger partial charge is 0.189 e. The third kappa shape index (κ3) is 4.66. The molecule has 18 heavy (non-hydrogen) atoms. The summed E-state index contributed by atoms with van der Waals surface area (Å²) in [6.45, 7) is 1.01. The van der Waals surface area contributed by atoms with Crippen molar-refractivity contribution in [3.63, 3.8) is 0 Å². The third-order valence-corrected chi connectivity index (χ3v) is 2.49. The summed E-state index contributed by atoms with van der Waals surface area (Å²) < 4.78 is 4.88. The molecule has 96 valence electrons. The Morgan fingerprint density at radius 1 is 1.56 bits per heavy atom. The number of rotatable bonds is 5. The standard InChI is InChI=1S/C13H16ClN3O/c1-3-12(10-4-6-11(14)7-5-10)17-13(15)16-8-9-18-2/h1,4-7,12H,8-9H2,2H3,(H3,15,16,17). The minimum Gasteiger partial charge on any atom is -0.383 e. The molecule has 0 heterocycles. The van der Waals surface area contributed by atoms with E-state index in [0.717, 1.165) is 5.56 Å². The number of ether oxygens (including phenoxy) is 1. The van der Waals surface area contributed by atoms with Gasteiger partial charge in [-0.15, -0.1) is 6.42 Å². The molecule has 0 aromatic heterocycles. The maximum absolute atomic E-state index is 5.82. The van der Waals surface area contributed by atoms with Gasteiger partial charge < -0.3 is 15.8 Å². The first-order valence-corrected chi connectivity index (χ1v) is 5.82. The largest absolute Gasteiger partial charge is 0.383 e. The van der Waals surface area contributed by atoms with E-state index in [-0.39, 0.29) is 6.04 Å². The van der Waals surface area contributed by atoms with E-state index in [1.165, 1.54) is 0 Å². The van der Waals surface area contributed by atoms with Gasteiger partial charge in [0.2, 0.25) is 0 Å². The van der Waals surface area contributed by atoms with Gasteiger partial charge in [-0.1, -0.05) is 29.7 Å². The van der Waals surface area contributed by atoms with Crippen LogP contribution in [0.2, 0.25) is 5.02 Å². The Hall–Kier alpha value is -1.70. The number of hydrogen-bond donors (Lipinski definition) is 2. The van der Waals surface area contributed by atoms with Crippen molar-refractivity contribution in [2.45, 2.75) is 6.04 Å². The number of guanidine groups is 1. The monoisotopic (exact) mass is 265 g/mol. The molecule has 0 radical (unpaired) electrons. The Morgan fingerprint density at radius 2 is 2.22 bits per heavy atom. The second-order valence-electron chi connectivity index (χ2n) is 3.56. The molecule has 5 heteroatoms. The third-order valence-electron chi connectivity index (χ3n) is 2.24. The fourth-order valence-electron chi connectivity index (χ4n) is 1.33. The number of nitrogens with one attached hydrogen (secondary N) is 1. The number of methoxy groups -OCH3 is 1. The highest BCUT2D eigenvalue weighted by molar-refractivity contribution is 6.30. The lowest BCUT2D eigenvalue weighted by molar-refractivity contribution is 0.208. The van der Waals surface area contributed by atoms with Crippen molar-refractivity contribution in [3.05, 3.63) is 34.9 Å². The average Bonchev–Trinajstić information content (AvgIpc) is 2.37. The summed E-state index contributed by atoms with van der Waals surface area (Å²) in [5.41, 5.74) is 6.63. The Bertz CT molecular complexity index is 437. The molecule has 0 aliphatic heterocycles. The first-order chi connectivity index (χ1) is 8.67. The van der Waals surface area contributed by atoms with Gasteiger partial charge in [0.05, 0.1) is 13.2 Å². The van der Waals surface area contributed by atoms with Crippen LogP contribution < -0.4 is 11.1 Å². The van der Waals surface area contributed by atoms with E-state index in [1.807, 2.05) is 12.1 Å². The molecule has 0 saturated carbocycles. The minimum absolute atomic E-state index is 0.296. The van der Waals surface area contributed by atoms with Gasteiger partial charge in [-0.25, -0.2) is 0 Å². The van der Waals surface area contributed by atoms with Crippen LogP contribution in [0.25, 0.3) is 0 Å². The molecule has 3 N–H and O–H groups in total. The van der Waals surface area contributed by atoms with Crippen molar-refractivity contribution >= 4 is 17.6 Å². The van der Waals surface area contributed by atoms with Crippen LogP contribution in [0.5, 0.6) is 0 Å². The molecule has 0 aliphatic rings. The number of halogens is 1. The number of hydrogen-bond acceptors (Lipinski definition) is 2. The van der Waals surface area contributed by atoms with Crippen molar-refractivity contribution in [1.82, 2.24) is 5.32 Å². The Kier molecular flexibility index (Phi) is 6.06. The summed E-state index contributed by atoms with van der Waals surface area (Å²) in [6, 6.07) is 6.93. The number of benzene rings is 1. The van der Waals surface area contributed by atoms with Gasteiger partial charge >= 0.3 is 0 Å². The molecule has 0 amide bonds. The molecule has 1 rings (SSSR count). The first-order valence-electron chi connectivity index (χ1n) is 5.44. The van der Waals surface area contributed by atoms with Crippen molar-refractivity contribution < 1.29 is 4.74 Å². The van der Waals surface area contributed by atoms with Crippen LogP contribution in [0, 0.1) is 12.3 Å². The highest BCUT2D eigenvalue weighted by Crippen LogP contribution is 2.15. The Labute approximate surface area is 112 Å². The predicted molar refractivity (Wildman–Crippen MR) is 74.5 cm³/mol. The van der Waals surface area contributed by atoms with Crippen LogP contribution in [-0.2, 0) is 4.74 Å². The SMILES string of the molecule is C#CC(NC(N)=NCCOC)c1ccc(Cl)cc1. The van der Waals surface area contributed by atoms with Gasteiger partial charge in [0.25, 0.3) is 0 Å². The maximum Gasteiger partial charge on any atom is 0.189 e. The summed E-state index contributed by atoms with van der Waals surface area (Å²) in [5.74, 6) is 2.91. The highest BCUT2D eigenvalue weighted by atomic mass is 35.5. The van der Waals surface area contributed by atoms with Crippen molar-refractivity contribution in [2.75, 3.05) is 20.3 Å². The van der Waals surface area contributed by atoms with E-state index in [4.69, 9.17) is 28.5 Å². The van der Waals surface area contributed by atoms with Crippen molar-refractivity contribution in [3.8, 4) is 12.3 Å². The van der Waals surface area contributed by atoms with Gasteiger partial charge in [-0.3, -0.25) is 4.99 Å². The van der Waals surface area contributed by atoms with Crippen LogP contribution in [0.4, 0.5) is 0 Å². The zero-order valence-corrected chi connectivity index (χ0v) is 10.9. The summed E-state index contributed by atoms with van der Waals surface area (Å²) in [7, 11) is 1.61. The fraction of sp³-hybridized carbons (Fsp3) is 0.308. The number of nitrogens with two attached hydrogens (primary N) is 1. The van der Waals surface area contributed by atoms with Gasteiger partial charge in [0.1, 0.15) is 6.04 Å². The Morgan fingerprint density at radius 3 is 2.78 bits per heavy atom. The summed E-state index contributed by atoms with van der Waals surface area (Å²) in [6.07, 6.45) is 5.47. The van der Waals surface area contributed by atoms with Crippen LogP contribution in [-0.4, -0.2) is 26.2 Å². The zero-order valence-electron chi connectivity index (χ0n) is 10.2. The zero-order chi connectivity index (χ0) is 13.4. The van der Waals surface area contributed by atoms with Crippen molar-refractivity contribution in [2.24, 2.45) is 10.7 Å². The van der Waals surface area contributed by atoms with Gasteiger partial charge in [0.15, 0.2) is 5.96 Å². The van der Waals surface area contributed by atoms with E-state index in [2.05, 4.69) is 16.2 Å². The lowest BCUT2D eigenvalue weighted by Gasteiger charge is -2.14. The van der Waals surface area contributed by atoms with Crippen LogP contribution >= 0.6 is 11.6 Å². The minimum atomic E-state index is -0.325.